The van der Waals surface area contributed by atoms with Crippen molar-refractivity contribution in [2.45, 2.75) is 39.5 Å². The number of anilines is 1. The molecule has 0 saturated carbocycles. The van der Waals surface area contributed by atoms with Crippen molar-refractivity contribution < 1.29 is 0 Å². The van der Waals surface area contributed by atoms with Crippen LogP contribution in [0, 0.1) is 5.92 Å². The van der Waals surface area contributed by atoms with Gasteiger partial charge in [-0.1, -0.05) is 13.8 Å². The first-order valence-electron chi connectivity index (χ1n) is 6.75. The number of nitrogens with zero attached hydrogens (tertiary/aromatic N) is 2. The predicted octanol–water partition coefficient (Wildman–Crippen LogP) is 3.64. The summed E-state index contributed by atoms with van der Waals surface area (Å²) >= 11 is 1.86. The highest BCUT2D eigenvalue weighted by Crippen LogP contribution is 2.38. The molecule has 0 aliphatic heterocycles. The highest BCUT2D eigenvalue weighted by atomic mass is 32.1. The van der Waals surface area contributed by atoms with Crippen LogP contribution in [0.2, 0.25) is 0 Å². The van der Waals surface area contributed by atoms with Gasteiger partial charge in [0.1, 0.15) is 17.0 Å². The third-order valence-electron chi connectivity index (χ3n) is 3.43. The third-order valence-corrected chi connectivity index (χ3v) is 4.63. The van der Waals surface area contributed by atoms with Gasteiger partial charge in [-0.05, 0) is 37.2 Å². The van der Waals surface area contributed by atoms with Gasteiger partial charge in [-0.15, -0.1) is 11.3 Å². The molecule has 3 nitrogen and oxygen atoms in total. The van der Waals surface area contributed by atoms with Gasteiger partial charge in [0.2, 0.25) is 0 Å². The molecule has 2 aromatic rings. The van der Waals surface area contributed by atoms with Crippen LogP contribution in [0.4, 0.5) is 5.82 Å². The number of aromatic nitrogens is 2. The number of rotatable bonds is 3. The van der Waals surface area contributed by atoms with Crippen molar-refractivity contribution in [2.75, 3.05) is 11.9 Å². The second-order valence-corrected chi connectivity index (χ2v) is 6.47. The third kappa shape index (κ3) is 2.09. The average Bonchev–Trinajstić information content (AvgIpc) is 2.75. The van der Waals surface area contributed by atoms with Crippen molar-refractivity contribution >= 4 is 27.4 Å². The van der Waals surface area contributed by atoms with E-state index in [9.17, 15) is 0 Å². The Morgan fingerprint density at radius 3 is 2.94 bits per heavy atom. The lowest BCUT2D eigenvalue weighted by Crippen LogP contribution is -2.10. The molecule has 1 aliphatic rings. The lowest BCUT2D eigenvalue weighted by Gasteiger charge is -2.13. The molecule has 96 valence electrons. The summed E-state index contributed by atoms with van der Waals surface area (Å²) in [6.07, 6.45) is 6.73. The van der Waals surface area contributed by atoms with Crippen LogP contribution in [0.5, 0.6) is 0 Å². The smallest absolute Gasteiger partial charge is 0.138 e. The Balaban J connectivity index is 2.05. The standard InChI is InChI=1S/C14H19N3S/c1-9(2)7-15-13-12-10-5-3-4-6-11(10)18-14(12)17-8-16-13/h8-9H,3-7H2,1-2H3,(H,15,16,17). The van der Waals surface area contributed by atoms with E-state index in [0.717, 1.165) is 17.2 Å². The van der Waals surface area contributed by atoms with Crippen LogP contribution in [0.1, 0.15) is 37.1 Å². The van der Waals surface area contributed by atoms with E-state index >= 15 is 0 Å². The molecule has 0 aromatic carbocycles. The van der Waals surface area contributed by atoms with Crippen molar-refractivity contribution in [3.8, 4) is 0 Å². The maximum absolute atomic E-state index is 4.44. The van der Waals surface area contributed by atoms with Crippen LogP contribution in [0.25, 0.3) is 10.2 Å². The molecule has 0 bridgehead atoms. The summed E-state index contributed by atoms with van der Waals surface area (Å²) in [5.41, 5.74) is 1.51. The summed E-state index contributed by atoms with van der Waals surface area (Å²) in [6, 6.07) is 0. The van der Waals surface area contributed by atoms with Gasteiger partial charge in [0, 0.05) is 11.4 Å². The zero-order valence-corrected chi connectivity index (χ0v) is 11.8. The second-order valence-electron chi connectivity index (χ2n) is 5.39. The van der Waals surface area contributed by atoms with Crippen molar-refractivity contribution in [1.82, 2.24) is 9.97 Å². The minimum atomic E-state index is 0.629. The van der Waals surface area contributed by atoms with Crippen LogP contribution in [0.15, 0.2) is 6.33 Å². The van der Waals surface area contributed by atoms with Gasteiger partial charge in [0.25, 0.3) is 0 Å². The number of thiophene rings is 1. The van der Waals surface area contributed by atoms with Crippen LogP contribution in [-0.4, -0.2) is 16.5 Å². The van der Waals surface area contributed by atoms with Crippen LogP contribution in [0.3, 0.4) is 0 Å². The van der Waals surface area contributed by atoms with E-state index in [0.29, 0.717) is 5.92 Å². The first-order chi connectivity index (χ1) is 8.75. The molecule has 0 fully saturated rings. The van der Waals surface area contributed by atoms with E-state index < -0.39 is 0 Å². The van der Waals surface area contributed by atoms with Gasteiger partial charge < -0.3 is 5.32 Å². The molecule has 0 radical (unpaired) electrons. The molecule has 2 heterocycles. The molecule has 3 rings (SSSR count). The minimum Gasteiger partial charge on any atom is -0.369 e. The number of fused-ring (bicyclic) bond motifs is 3. The number of hydrogen-bond acceptors (Lipinski definition) is 4. The van der Waals surface area contributed by atoms with E-state index in [4.69, 9.17) is 0 Å². The topological polar surface area (TPSA) is 37.8 Å². The minimum absolute atomic E-state index is 0.629. The van der Waals surface area contributed by atoms with Crippen molar-refractivity contribution in [3.63, 3.8) is 0 Å². The van der Waals surface area contributed by atoms with Gasteiger partial charge >= 0.3 is 0 Å². The monoisotopic (exact) mass is 261 g/mol. The normalized spacial score (nSPS) is 15.1. The molecule has 0 atom stereocenters. The van der Waals surface area contributed by atoms with Gasteiger partial charge in [-0.25, -0.2) is 9.97 Å². The van der Waals surface area contributed by atoms with Crippen molar-refractivity contribution in [3.05, 3.63) is 16.8 Å². The molecular formula is C14H19N3S. The summed E-state index contributed by atoms with van der Waals surface area (Å²) in [4.78, 5) is 11.6. The van der Waals surface area contributed by atoms with E-state index in [1.807, 2.05) is 11.3 Å². The molecular weight excluding hydrogens is 242 g/mol. The highest BCUT2D eigenvalue weighted by molar-refractivity contribution is 7.19. The lowest BCUT2D eigenvalue weighted by molar-refractivity contribution is 0.686. The molecule has 2 aromatic heterocycles. The fourth-order valence-corrected chi connectivity index (χ4v) is 3.75. The van der Waals surface area contributed by atoms with E-state index in [1.54, 1.807) is 6.33 Å². The fraction of sp³-hybridized carbons (Fsp3) is 0.571. The Hall–Kier alpha value is -1.16. The van der Waals surface area contributed by atoms with Crippen LogP contribution >= 0.6 is 11.3 Å². The van der Waals surface area contributed by atoms with Crippen LogP contribution < -0.4 is 5.32 Å². The Labute approximate surface area is 112 Å². The Bertz CT molecular complexity index is 559. The van der Waals surface area contributed by atoms with Gasteiger partial charge in [0.15, 0.2) is 0 Å². The molecule has 0 unspecified atom stereocenters. The van der Waals surface area contributed by atoms with Crippen LogP contribution in [-0.2, 0) is 12.8 Å². The number of hydrogen-bond donors (Lipinski definition) is 1. The Morgan fingerprint density at radius 2 is 2.11 bits per heavy atom. The predicted molar refractivity (Wildman–Crippen MR) is 77.4 cm³/mol. The van der Waals surface area contributed by atoms with Gasteiger partial charge in [0.05, 0.1) is 5.39 Å². The van der Waals surface area contributed by atoms with Crippen molar-refractivity contribution in [1.29, 1.82) is 0 Å². The van der Waals surface area contributed by atoms with E-state index in [2.05, 4.69) is 29.1 Å². The molecule has 0 saturated heterocycles. The maximum Gasteiger partial charge on any atom is 0.138 e. The summed E-state index contributed by atoms with van der Waals surface area (Å²) in [5.74, 6) is 1.66. The Kier molecular flexibility index (Phi) is 3.20. The second kappa shape index (κ2) is 4.84. The van der Waals surface area contributed by atoms with E-state index in [-0.39, 0.29) is 0 Å². The fourth-order valence-electron chi connectivity index (χ4n) is 2.53. The number of aryl methyl sites for hydroxylation is 2. The highest BCUT2D eigenvalue weighted by Gasteiger charge is 2.19. The first kappa shape index (κ1) is 11.9. The zero-order chi connectivity index (χ0) is 12.5. The molecule has 1 aliphatic carbocycles. The van der Waals surface area contributed by atoms with Gasteiger partial charge in [-0.2, -0.15) is 0 Å². The average molecular weight is 261 g/mol. The van der Waals surface area contributed by atoms with E-state index in [1.165, 1.54) is 41.5 Å². The number of nitrogens with one attached hydrogen (secondary N) is 1. The lowest BCUT2D eigenvalue weighted by atomic mass is 9.97. The Morgan fingerprint density at radius 1 is 1.28 bits per heavy atom. The zero-order valence-electron chi connectivity index (χ0n) is 11.0. The van der Waals surface area contributed by atoms with Crippen molar-refractivity contribution in [2.24, 2.45) is 5.92 Å². The summed E-state index contributed by atoms with van der Waals surface area (Å²) in [7, 11) is 0. The maximum atomic E-state index is 4.44. The molecule has 4 heteroatoms. The summed E-state index contributed by atoms with van der Waals surface area (Å²) < 4.78 is 0. The quantitative estimate of drug-likeness (QED) is 0.916. The largest absolute Gasteiger partial charge is 0.369 e. The molecule has 0 spiro atoms. The summed E-state index contributed by atoms with van der Waals surface area (Å²) in [6.45, 7) is 5.40. The SMILES string of the molecule is CC(C)CNc1ncnc2sc3c(c12)CCCC3. The molecule has 1 N–H and O–H groups in total. The van der Waals surface area contributed by atoms with Gasteiger partial charge in [-0.3, -0.25) is 0 Å². The molecule has 18 heavy (non-hydrogen) atoms. The molecule has 0 amide bonds. The first-order valence-corrected chi connectivity index (χ1v) is 7.56. The summed E-state index contributed by atoms with van der Waals surface area (Å²) in [5, 5.41) is 4.77.